The Labute approximate surface area is 126 Å². The molecule has 1 heterocycles. The number of carbonyl (C=O) groups is 1. The Hall–Kier alpha value is -0.330. The van der Waals surface area contributed by atoms with Gasteiger partial charge in [0, 0.05) is 35.3 Å². The largest absolute Gasteiger partial charge is 0.336 e. The van der Waals surface area contributed by atoms with Crippen molar-refractivity contribution in [3.05, 3.63) is 32.4 Å². The van der Waals surface area contributed by atoms with Crippen molar-refractivity contribution < 1.29 is 4.79 Å². The van der Waals surface area contributed by atoms with Crippen LogP contribution >= 0.6 is 34.2 Å². The summed E-state index contributed by atoms with van der Waals surface area (Å²) >= 11 is 8.22. The summed E-state index contributed by atoms with van der Waals surface area (Å²) in [5.41, 5.74) is 0.686. The number of piperazine rings is 1. The van der Waals surface area contributed by atoms with Crippen molar-refractivity contribution in [2.75, 3.05) is 32.7 Å². The van der Waals surface area contributed by atoms with Crippen molar-refractivity contribution in [1.29, 1.82) is 0 Å². The highest BCUT2D eigenvalue weighted by Gasteiger charge is 2.21. The van der Waals surface area contributed by atoms with E-state index in [0.29, 0.717) is 10.6 Å². The number of nitrogens with zero attached hydrogens (tertiary/aromatic N) is 2. The first-order valence-electron chi connectivity index (χ1n) is 6.08. The molecule has 1 saturated heterocycles. The third-order valence-corrected chi connectivity index (χ3v) is 4.85. The predicted octanol–water partition coefficient (Wildman–Crippen LogP) is 2.72. The Morgan fingerprint density at radius 3 is 2.56 bits per heavy atom. The number of benzene rings is 1. The molecule has 18 heavy (non-hydrogen) atoms. The van der Waals surface area contributed by atoms with Crippen molar-refractivity contribution in [2.45, 2.75) is 6.92 Å². The van der Waals surface area contributed by atoms with Gasteiger partial charge in [0.05, 0.1) is 5.02 Å². The average molecular weight is 379 g/mol. The summed E-state index contributed by atoms with van der Waals surface area (Å²) in [5.74, 6) is 0.0871. The maximum atomic E-state index is 12.3. The highest BCUT2D eigenvalue weighted by molar-refractivity contribution is 14.1. The summed E-state index contributed by atoms with van der Waals surface area (Å²) < 4.78 is 0.974. The topological polar surface area (TPSA) is 23.6 Å². The van der Waals surface area contributed by atoms with Crippen molar-refractivity contribution in [1.82, 2.24) is 9.80 Å². The van der Waals surface area contributed by atoms with E-state index >= 15 is 0 Å². The normalized spacial score (nSPS) is 16.9. The molecule has 0 aliphatic carbocycles. The Balaban J connectivity index is 2.05. The van der Waals surface area contributed by atoms with E-state index in [1.165, 1.54) is 0 Å². The lowest BCUT2D eigenvalue weighted by molar-refractivity contribution is 0.0643. The fraction of sp³-hybridized carbons (Fsp3) is 0.462. The molecule has 1 aliphatic heterocycles. The van der Waals surface area contributed by atoms with E-state index in [1.54, 1.807) is 6.07 Å². The molecule has 0 saturated carbocycles. The Morgan fingerprint density at radius 1 is 1.33 bits per heavy atom. The molecule has 1 aromatic rings. The Bertz CT molecular complexity index is 445. The first-order valence-corrected chi connectivity index (χ1v) is 7.54. The number of rotatable bonds is 2. The van der Waals surface area contributed by atoms with E-state index < -0.39 is 0 Å². The molecule has 3 nitrogen and oxygen atoms in total. The number of hydrogen-bond acceptors (Lipinski definition) is 2. The maximum Gasteiger partial charge on any atom is 0.253 e. The van der Waals surface area contributed by atoms with E-state index in [1.807, 2.05) is 17.0 Å². The standard InChI is InChI=1S/C13H16ClIN2O/c1-2-16-5-7-17(8-6-16)13(18)10-3-4-12(15)11(14)9-10/h3-4,9H,2,5-8H2,1H3. The summed E-state index contributed by atoms with van der Waals surface area (Å²) in [6.07, 6.45) is 0. The molecule has 0 spiro atoms. The first-order chi connectivity index (χ1) is 8.61. The van der Waals surface area contributed by atoms with Crippen molar-refractivity contribution in [2.24, 2.45) is 0 Å². The molecule has 0 radical (unpaired) electrons. The van der Waals surface area contributed by atoms with Crippen LogP contribution in [-0.4, -0.2) is 48.4 Å². The van der Waals surface area contributed by atoms with Gasteiger partial charge in [0.2, 0.25) is 0 Å². The molecule has 1 aromatic carbocycles. The molecule has 0 atom stereocenters. The average Bonchev–Trinajstić information content (AvgIpc) is 2.41. The van der Waals surface area contributed by atoms with Gasteiger partial charge in [-0.05, 0) is 47.3 Å². The fourth-order valence-electron chi connectivity index (χ4n) is 2.08. The van der Waals surface area contributed by atoms with E-state index in [9.17, 15) is 4.79 Å². The molecular weight excluding hydrogens is 363 g/mol. The second-order valence-corrected chi connectivity index (χ2v) is 5.92. The van der Waals surface area contributed by atoms with Gasteiger partial charge in [-0.25, -0.2) is 0 Å². The third-order valence-electron chi connectivity index (χ3n) is 3.27. The molecule has 1 amide bonds. The van der Waals surface area contributed by atoms with E-state index in [4.69, 9.17) is 11.6 Å². The highest BCUT2D eigenvalue weighted by atomic mass is 127. The quantitative estimate of drug-likeness (QED) is 0.739. The molecule has 5 heteroatoms. The van der Waals surface area contributed by atoms with Gasteiger partial charge in [-0.1, -0.05) is 18.5 Å². The zero-order valence-electron chi connectivity index (χ0n) is 10.3. The second-order valence-electron chi connectivity index (χ2n) is 4.36. The van der Waals surface area contributed by atoms with Crippen LogP contribution < -0.4 is 0 Å². The minimum Gasteiger partial charge on any atom is -0.336 e. The van der Waals surface area contributed by atoms with E-state index in [0.717, 1.165) is 36.3 Å². The van der Waals surface area contributed by atoms with Crippen LogP contribution in [0.1, 0.15) is 17.3 Å². The monoisotopic (exact) mass is 378 g/mol. The summed E-state index contributed by atoms with van der Waals surface area (Å²) in [6.45, 7) is 6.72. The summed E-state index contributed by atoms with van der Waals surface area (Å²) in [6, 6.07) is 5.50. The van der Waals surface area contributed by atoms with Gasteiger partial charge >= 0.3 is 0 Å². The third kappa shape index (κ3) is 3.16. The van der Waals surface area contributed by atoms with E-state index in [2.05, 4.69) is 34.4 Å². The van der Waals surface area contributed by atoms with Crippen molar-refractivity contribution in [3.8, 4) is 0 Å². The highest BCUT2D eigenvalue weighted by Crippen LogP contribution is 2.20. The minimum atomic E-state index is 0.0871. The Morgan fingerprint density at radius 2 is 2.00 bits per heavy atom. The lowest BCUT2D eigenvalue weighted by Crippen LogP contribution is -2.48. The fourth-order valence-corrected chi connectivity index (χ4v) is 2.59. The summed E-state index contributed by atoms with van der Waals surface area (Å²) in [4.78, 5) is 16.6. The number of likely N-dealkylation sites (N-methyl/N-ethyl adjacent to an activating group) is 1. The van der Waals surface area contributed by atoms with Gasteiger partial charge in [0.15, 0.2) is 0 Å². The number of hydrogen-bond donors (Lipinski definition) is 0. The van der Waals surface area contributed by atoms with Crippen LogP contribution in [0.2, 0.25) is 5.02 Å². The minimum absolute atomic E-state index is 0.0871. The summed E-state index contributed by atoms with van der Waals surface area (Å²) in [7, 11) is 0. The zero-order valence-corrected chi connectivity index (χ0v) is 13.2. The van der Waals surface area contributed by atoms with Gasteiger partial charge in [0.25, 0.3) is 5.91 Å². The van der Waals surface area contributed by atoms with Gasteiger partial charge in [-0.2, -0.15) is 0 Å². The smallest absolute Gasteiger partial charge is 0.253 e. The van der Waals surface area contributed by atoms with Crippen LogP contribution in [0.5, 0.6) is 0 Å². The molecule has 0 N–H and O–H groups in total. The molecular formula is C13H16ClIN2O. The van der Waals surface area contributed by atoms with Gasteiger partial charge < -0.3 is 9.80 Å². The molecule has 2 rings (SSSR count). The number of halogens is 2. The van der Waals surface area contributed by atoms with Crippen molar-refractivity contribution >= 4 is 40.1 Å². The number of carbonyl (C=O) groups excluding carboxylic acids is 1. The SMILES string of the molecule is CCN1CCN(C(=O)c2ccc(I)c(Cl)c2)CC1. The van der Waals surface area contributed by atoms with Crippen LogP contribution in [0.3, 0.4) is 0 Å². The van der Waals surface area contributed by atoms with Gasteiger partial charge in [-0.3, -0.25) is 4.79 Å². The number of amides is 1. The molecule has 0 bridgehead atoms. The van der Waals surface area contributed by atoms with Crippen LogP contribution in [0, 0.1) is 3.57 Å². The maximum absolute atomic E-state index is 12.3. The lowest BCUT2D eigenvalue weighted by atomic mass is 10.2. The predicted molar refractivity (Wildman–Crippen MR) is 82.2 cm³/mol. The van der Waals surface area contributed by atoms with Crippen molar-refractivity contribution in [3.63, 3.8) is 0 Å². The zero-order chi connectivity index (χ0) is 13.1. The second kappa shape index (κ2) is 6.21. The molecule has 0 aromatic heterocycles. The summed E-state index contributed by atoms with van der Waals surface area (Å²) in [5, 5.41) is 0.647. The van der Waals surface area contributed by atoms with Gasteiger partial charge in [-0.15, -0.1) is 0 Å². The van der Waals surface area contributed by atoms with Crippen LogP contribution in [0.25, 0.3) is 0 Å². The molecule has 0 unspecified atom stereocenters. The van der Waals surface area contributed by atoms with Crippen LogP contribution in [-0.2, 0) is 0 Å². The lowest BCUT2D eigenvalue weighted by Gasteiger charge is -2.34. The first kappa shape index (κ1) is 14.1. The van der Waals surface area contributed by atoms with Crippen LogP contribution in [0.15, 0.2) is 18.2 Å². The molecule has 98 valence electrons. The Kier molecular flexibility index (Phi) is 4.86. The molecule has 1 aliphatic rings. The van der Waals surface area contributed by atoms with E-state index in [-0.39, 0.29) is 5.91 Å². The van der Waals surface area contributed by atoms with Crippen LogP contribution in [0.4, 0.5) is 0 Å². The molecule has 1 fully saturated rings. The van der Waals surface area contributed by atoms with Gasteiger partial charge in [0.1, 0.15) is 0 Å².